The van der Waals surface area contributed by atoms with E-state index in [2.05, 4.69) is 10.1 Å². The van der Waals surface area contributed by atoms with E-state index in [-0.39, 0.29) is 0 Å². The number of carbonyl (C=O) groups is 5. The van der Waals surface area contributed by atoms with E-state index in [9.17, 15) is 24.0 Å². The third-order valence-electron chi connectivity index (χ3n) is 2.58. The van der Waals surface area contributed by atoms with Crippen molar-refractivity contribution in [1.29, 1.82) is 0 Å². The van der Waals surface area contributed by atoms with Crippen LogP contribution in [0.3, 0.4) is 0 Å². The van der Waals surface area contributed by atoms with Gasteiger partial charge in [-0.05, 0) is 0 Å². The highest BCUT2D eigenvalue weighted by Gasteiger charge is 2.41. The Morgan fingerprint density at radius 3 is 1.79 bits per heavy atom. The fraction of sp³-hybridized carbons (Fsp3) is 0.643. The normalized spacial score (nSPS) is 13.7. The van der Waals surface area contributed by atoms with Crippen LogP contribution >= 0.6 is 0 Å². The average Bonchev–Trinajstić information content (AvgIpc) is 2.45. The Morgan fingerprint density at radius 1 is 0.875 bits per heavy atom. The van der Waals surface area contributed by atoms with E-state index in [1.54, 1.807) is 0 Å². The molecule has 0 aromatic carbocycles. The van der Waals surface area contributed by atoms with Gasteiger partial charge in [0.2, 0.25) is 5.91 Å². The van der Waals surface area contributed by atoms with E-state index in [0.29, 0.717) is 0 Å². The van der Waals surface area contributed by atoms with Crippen LogP contribution in [0.1, 0.15) is 27.7 Å². The van der Waals surface area contributed by atoms with Gasteiger partial charge in [-0.1, -0.05) is 0 Å². The minimum absolute atomic E-state index is 0.486. The van der Waals surface area contributed by atoms with E-state index >= 15 is 0 Å². The number of ether oxygens (including phenoxy) is 4. The number of nitrogens with one attached hydrogen (secondary N) is 1. The molecular formula is C14H21NO9. The van der Waals surface area contributed by atoms with Gasteiger partial charge in [-0.15, -0.1) is 0 Å². The number of hydrogen-bond acceptors (Lipinski definition) is 9. The second kappa shape index (κ2) is 10.2. The fourth-order valence-corrected chi connectivity index (χ4v) is 1.78. The number of esters is 4. The summed E-state index contributed by atoms with van der Waals surface area (Å²) in [6.07, 6.45) is -2.78. The molecule has 0 heterocycles. The molecule has 0 aromatic rings. The van der Waals surface area contributed by atoms with Gasteiger partial charge in [0.05, 0.1) is 7.11 Å². The Bertz CT molecular complexity index is 502. The van der Waals surface area contributed by atoms with E-state index in [0.717, 1.165) is 34.8 Å². The molecule has 0 saturated heterocycles. The second-order valence-electron chi connectivity index (χ2n) is 4.73. The molecule has 1 amide bonds. The summed E-state index contributed by atoms with van der Waals surface area (Å²) in [5.74, 6) is -3.80. The highest BCUT2D eigenvalue weighted by molar-refractivity contribution is 5.84. The predicted octanol–water partition coefficient (Wildman–Crippen LogP) is -0.909. The molecule has 10 nitrogen and oxygen atoms in total. The van der Waals surface area contributed by atoms with Crippen LogP contribution in [0.5, 0.6) is 0 Å². The second-order valence-corrected chi connectivity index (χ2v) is 4.73. The Balaban J connectivity index is 5.67. The van der Waals surface area contributed by atoms with E-state index in [4.69, 9.17) is 14.2 Å². The van der Waals surface area contributed by atoms with Gasteiger partial charge < -0.3 is 24.3 Å². The van der Waals surface area contributed by atoms with Crippen molar-refractivity contribution in [2.24, 2.45) is 0 Å². The summed E-state index contributed by atoms with van der Waals surface area (Å²) in [5.41, 5.74) is 0. The highest BCUT2D eigenvalue weighted by Crippen LogP contribution is 2.13. The van der Waals surface area contributed by atoms with E-state index in [1.165, 1.54) is 0 Å². The third kappa shape index (κ3) is 8.11. The summed E-state index contributed by atoms with van der Waals surface area (Å²) in [6.45, 7) is 3.91. The summed E-state index contributed by atoms with van der Waals surface area (Å²) < 4.78 is 19.3. The summed E-state index contributed by atoms with van der Waals surface area (Å²) in [4.78, 5) is 56.8. The number of methoxy groups -OCH3 is 1. The molecule has 0 radical (unpaired) electrons. The van der Waals surface area contributed by atoms with Crippen LogP contribution < -0.4 is 5.32 Å². The Morgan fingerprint density at radius 2 is 1.42 bits per heavy atom. The highest BCUT2D eigenvalue weighted by atomic mass is 16.6. The molecule has 0 fully saturated rings. The molecule has 0 aliphatic heterocycles. The zero-order valence-corrected chi connectivity index (χ0v) is 14.1. The molecule has 0 saturated carbocycles. The monoisotopic (exact) mass is 347 g/mol. The molecule has 136 valence electrons. The molecular weight excluding hydrogens is 326 g/mol. The predicted molar refractivity (Wildman–Crippen MR) is 77.4 cm³/mol. The smallest absolute Gasteiger partial charge is 0.332 e. The lowest BCUT2D eigenvalue weighted by Gasteiger charge is -2.30. The molecule has 10 heteroatoms. The van der Waals surface area contributed by atoms with E-state index < -0.39 is 54.6 Å². The maximum atomic E-state index is 11.9. The van der Waals surface area contributed by atoms with Crippen molar-refractivity contribution in [3.63, 3.8) is 0 Å². The molecule has 0 spiro atoms. The summed E-state index contributed by atoms with van der Waals surface area (Å²) in [5, 5.41) is 2.25. The number of amides is 1. The first kappa shape index (κ1) is 21.4. The van der Waals surface area contributed by atoms with Gasteiger partial charge in [-0.3, -0.25) is 19.2 Å². The van der Waals surface area contributed by atoms with Gasteiger partial charge in [0.15, 0.2) is 18.2 Å². The first-order valence-electron chi connectivity index (χ1n) is 6.91. The first-order chi connectivity index (χ1) is 11.1. The van der Waals surface area contributed by atoms with Gasteiger partial charge in [0.1, 0.15) is 6.61 Å². The van der Waals surface area contributed by atoms with Crippen LogP contribution in [0.2, 0.25) is 0 Å². The van der Waals surface area contributed by atoms with Gasteiger partial charge in [-0.25, -0.2) is 4.79 Å². The van der Waals surface area contributed by atoms with Crippen molar-refractivity contribution in [3.8, 4) is 0 Å². The molecule has 1 N–H and O–H groups in total. The Hall–Kier alpha value is -2.65. The SMILES string of the molecule is COC(=O)[C@@H](NC(C)=O)[C@H](OC(C)=O)[C@@H](COC(C)=O)OC(C)=O. The van der Waals surface area contributed by atoms with Crippen LogP contribution in [-0.2, 0) is 42.9 Å². The van der Waals surface area contributed by atoms with Crippen molar-refractivity contribution in [1.82, 2.24) is 5.32 Å². The molecule has 3 atom stereocenters. The van der Waals surface area contributed by atoms with Crippen molar-refractivity contribution >= 4 is 29.8 Å². The first-order valence-corrected chi connectivity index (χ1v) is 6.91. The van der Waals surface area contributed by atoms with Crippen LogP contribution in [0.4, 0.5) is 0 Å². The molecule has 0 aliphatic rings. The molecule has 0 aromatic heterocycles. The molecule has 0 aliphatic carbocycles. The lowest BCUT2D eigenvalue weighted by Crippen LogP contribution is -2.56. The molecule has 0 rings (SSSR count). The van der Waals surface area contributed by atoms with Crippen LogP contribution in [0.25, 0.3) is 0 Å². The lowest BCUT2D eigenvalue weighted by molar-refractivity contribution is -0.179. The van der Waals surface area contributed by atoms with Crippen molar-refractivity contribution < 1.29 is 42.9 Å². The van der Waals surface area contributed by atoms with Crippen LogP contribution in [0, 0.1) is 0 Å². The van der Waals surface area contributed by atoms with Crippen molar-refractivity contribution in [3.05, 3.63) is 0 Å². The van der Waals surface area contributed by atoms with E-state index in [1.807, 2.05) is 0 Å². The molecule has 24 heavy (non-hydrogen) atoms. The number of carbonyl (C=O) groups excluding carboxylic acids is 5. The lowest BCUT2D eigenvalue weighted by atomic mass is 10.0. The topological polar surface area (TPSA) is 134 Å². The quantitative estimate of drug-likeness (QED) is 0.437. The maximum absolute atomic E-state index is 11.9. The third-order valence-corrected chi connectivity index (χ3v) is 2.58. The largest absolute Gasteiger partial charge is 0.467 e. The summed E-state index contributed by atoms with van der Waals surface area (Å²) >= 11 is 0. The molecule has 0 bridgehead atoms. The number of rotatable bonds is 8. The standard InChI is InChI=1S/C14H21NO9/c1-7(16)15-12(14(20)21-5)13(24-10(4)19)11(23-9(3)18)6-22-8(2)17/h11-13H,6H2,1-5H3,(H,15,16)/t11-,12+,13-/m1/s1. The summed E-state index contributed by atoms with van der Waals surface area (Å²) in [6, 6.07) is -1.46. The van der Waals surface area contributed by atoms with Crippen molar-refractivity contribution in [2.75, 3.05) is 13.7 Å². The Labute approximate surface area is 138 Å². The average molecular weight is 347 g/mol. The maximum Gasteiger partial charge on any atom is 0.332 e. The Kier molecular flexibility index (Phi) is 9.06. The van der Waals surface area contributed by atoms with Crippen molar-refractivity contribution in [2.45, 2.75) is 45.9 Å². The molecule has 0 unspecified atom stereocenters. The minimum Gasteiger partial charge on any atom is -0.467 e. The van der Waals surface area contributed by atoms with Gasteiger partial charge in [-0.2, -0.15) is 0 Å². The zero-order valence-electron chi connectivity index (χ0n) is 14.1. The fourth-order valence-electron chi connectivity index (χ4n) is 1.78. The summed E-state index contributed by atoms with van der Waals surface area (Å²) in [7, 11) is 1.06. The van der Waals surface area contributed by atoms with Crippen LogP contribution in [-0.4, -0.2) is 61.8 Å². The van der Waals surface area contributed by atoms with Gasteiger partial charge in [0, 0.05) is 27.7 Å². The van der Waals surface area contributed by atoms with Gasteiger partial charge in [0.25, 0.3) is 0 Å². The zero-order chi connectivity index (χ0) is 18.9. The number of hydrogen-bond donors (Lipinski definition) is 1. The van der Waals surface area contributed by atoms with Crippen LogP contribution in [0.15, 0.2) is 0 Å². The minimum atomic E-state index is -1.46. The van der Waals surface area contributed by atoms with Gasteiger partial charge >= 0.3 is 23.9 Å².